The van der Waals surface area contributed by atoms with Crippen molar-refractivity contribution in [1.29, 1.82) is 0 Å². The molecule has 0 saturated heterocycles. The minimum Gasteiger partial charge on any atom is -0.108 e. The molecule has 0 fully saturated rings. The lowest BCUT2D eigenvalue weighted by Gasteiger charge is -2.20. The van der Waals surface area contributed by atoms with Gasteiger partial charge >= 0.3 is 0 Å². The van der Waals surface area contributed by atoms with Crippen molar-refractivity contribution in [1.82, 2.24) is 0 Å². The fourth-order valence-corrected chi connectivity index (χ4v) is 6.74. The molecule has 0 atom stereocenters. The summed E-state index contributed by atoms with van der Waals surface area (Å²) in [6.45, 7) is 4.74. The zero-order valence-electron chi connectivity index (χ0n) is 10.4. The van der Waals surface area contributed by atoms with Crippen molar-refractivity contribution in [3.8, 4) is 0 Å². The van der Waals surface area contributed by atoms with Crippen LogP contribution in [0.15, 0.2) is 60.7 Å². The zero-order chi connectivity index (χ0) is 12.1. The van der Waals surface area contributed by atoms with E-state index < -0.39 is 0 Å². The quantitative estimate of drug-likeness (QED) is 0.733. The molecule has 0 nitrogen and oxygen atoms in total. The van der Waals surface area contributed by atoms with Gasteiger partial charge in [-0.25, -0.2) is 0 Å². The van der Waals surface area contributed by atoms with Crippen LogP contribution in [0.25, 0.3) is 0 Å². The summed E-state index contributed by atoms with van der Waals surface area (Å²) in [6, 6.07) is 21.9. The number of benzene rings is 2. The molecule has 88 valence electrons. The maximum atomic E-state index is 2.37. The van der Waals surface area contributed by atoms with Crippen molar-refractivity contribution in [2.45, 2.75) is 0 Å². The minimum absolute atomic E-state index is 0.142. The summed E-state index contributed by atoms with van der Waals surface area (Å²) in [7, 11) is -0.0198. The Kier molecular flexibility index (Phi) is 4.72. The molecule has 0 unspecified atom stereocenters. The highest BCUT2D eigenvalue weighted by Gasteiger charge is 2.14. The van der Waals surface area contributed by atoms with Crippen molar-refractivity contribution in [2.24, 2.45) is 0 Å². The third-order valence-corrected chi connectivity index (χ3v) is 7.80. The molecule has 0 radical (unpaired) electrons. The van der Waals surface area contributed by atoms with Crippen LogP contribution in [-0.4, -0.2) is 19.2 Å². The molecular formula is C15H18P2. The Morgan fingerprint density at radius 3 is 1.47 bits per heavy atom. The van der Waals surface area contributed by atoms with Gasteiger partial charge in [0.1, 0.15) is 0 Å². The van der Waals surface area contributed by atoms with Crippen LogP contribution in [0.1, 0.15) is 0 Å². The number of hydrogen-bond donors (Lipinski definition) is 0. The van der Waals surface area contributed by atoms with E-state index in [0.717, 1.165) is 0 Å². The predicted molar refractivity (Wildman–Crippen MR) is 82.7 cm³/mol. The minimum atomic E-state index is -0.162. The molecule has 2 aromatic carbocycles. The van der Waals surface area contributed by atoms with Crippen molar-refractivity contribution in [3.05, 3.63) is 60.7 Å². The molecule has 0 N–H and O–H groups in total. The van der Waals surface area contributed by atoms with Crippen LogP contribution >= 0.6 is 15.8 Å². The van der Waals surface area contributed by atoms with E-state index in [-0.39, 0.29) is 15.8 Å². The highest BCUT2D eigenvalue weighted by Crippen LogP contribution is 2.45. The standard InChI is InChI=1S/C15H18P2/c1-16(2)13-17(14-9-5-3-6-10-14)15-11-7-4-8-12-15/h3-12H,13H2,1-2H3. The fourth-order valence-electron chi connectivity index (χ4n) is 1.81. The van der Waals surface area contributed by atoms with Crippen LogP contribution in [-0.2, 0) is 0 Å². The van der Waals surface area contributed by atoms with E-state index in [2.05, 4.69) is 74.0 Å². The summed E-state index contributed by atoms with van der Waals surface area (Å²) >= 11 is 0. The first-order valence-electron chi connectivity index (χ1n) is 5.80. The molecule has 0 spiro atoms. The predicted octanol–water partition coefficient (Wildman–Crippen LogP) is 3.82. The molecular weight excluding hydrogens is 242 g/mol. The molecule has 0 bridgehead atoms. The molecule has 0 aliphatic carbocycles. The van der Waals surface area contributed by atoms with Crippen molar-refractivity contribution in [3.63, 3.8) is 0 Å². The Balaban J connectivity index is 2.32. The van der Waals surface area contributed by atoms with Crippen LogP contribution in [0.3, 0.4) is 0 Å². The number of hydrogen-bond acceptors (Lipinski definition) is 0. The lowest BCUT2D eigenvalue weighted by molar-refractivity contribution is 1.74. The SMILES string of the molecule is CP(C)CP(c1ccccc1)c1ccccc1. The Bertz CT molecular complexity index is 397. The van der Waals surface area contributed by atoms with Gasteiger partial charge in [-0.15, -0.1) is 7.92 Å². The molecule has 2 heteroatoms. The van der Waals surface area contributed by atoms with Gasteiger partial charge in [-0.05, 0) is 37.8 Å². The first-order valence-corrected chi connectivity index (χ1v) is 9.74. The summed E-state index contributed by atoms with van der Waals surface area (Å²) < 4.78 is 0. The van der Waals surface area contributed by atoms with Gasteiger partial charge in [0.15, 0.2) is 0 Å². The highest BCUT2D eigenvalue weighted by molar-refractivity contribution is 7.82. The topological polar surface area (TPSA) is 0 Å². The van der Waals surface area contributed by atoms with Gasteiger partial charge in [0.05, 0.1) is 0 Å². The van der Waals surface area contributed by atoms with Crippen LogP contribution in [0.4, 0.5) is 0 Å². The second-order valence-corrected chi connectivity index (χ2v) is 9.50. The summed E-state index contributed by atoms with van der Waals surface area (Å²) in [5.41, 5.74) is 0. The Morgan fingerprint density at radius 2 is 1.12 bits per heavy atom. The van der Waals surface area contributed by atoms with Crippen LogP contribution in [0, 0.1) is 0 Å². The summed E-state index contributed by atoms with van der Waals surface area (Å²) in [5, 5.41) is 3.01. The van der Waals surface area contributed by atoms with Crippen molar-refractivity contribution in [2.75, 3.05) is 19.2 Å². The Morgan fingerprint density at radius 1 is 0.706 bits per heavy atom. The maximum Gasteiger partial charge on any atom is -0.00449 e. The van der Waals surface area contributed by atoms with Gasteiger partial charge in [0.25, 0.3) is 0 Å². The van der Waals surface area contributed by atoms with E-state index in [4.69, 9.17) is 0 Å². The summed E-state index contributed by atoms with van der Waals surface area (Å²) in [5.74, 6) is 1.33. The summed E-state index contributed by atoms with van der Waals surface area (Å²) in [4.78, 5) is 0. The van der Waals surface area contributed by atoms with Gasteiger partial charge in [0, 0.05) is 0 Å². The van der Waals surface area contributed by atoms with Gasteiger partial charge in [0.2, 0.25) is 0 Å². The van der Waals surface area contributed by atoms with Crippen molar-refractivity contribution < 1.29 is 0 Å². The average molecular weight is 260 g/mol. The molecule has 2 rings (SSSR count). The molecule has 0 aliphatic heterocycles. The van der Waals surface area contributed by atoms with E-state index in [0.29, 0.717) is 0 Å². The van der Waals surface area contributed by atoms with Gasteiger partial charge in [-0.3, -0.25) is 0 Å². The monoisotopic (exact) mass is 260 g/mol. The largest absolute Gasteiger partial charge is 0.108 e. The van der Waals surface area contributed by atoms with E-state index in [1.165, 1.54) is 16.5 Å². The number of rotatable bonds is 4. The van der Waals surface area contributed by atoms with Crippen LogP contribution in [0.5, 0.6) is 0 Å². The first-order chi connectivity index (χ1) is 8.27. The Hall–Kier alpha value is -0.700. The van der Waals surface area contributed by atoms with E-state index in [1.807, 2.05) is 0 Å². The summed E-state index contributed by atoms with van der Waals surface area (Å²) in [6.07, 6.45) is 0. The van der Waals surface area contributed by atoms with Crippen LogP contribution in [0.2, 0.25) is 0 Å². The third kappa shape index (κ3) is 3.63. The fraction of sp³-hybridized carbons (Fsp3) is 0.200. The highest BCUT2D eigenvalue weighted by atomic mass is 31.2. The van der Waals surface area contributed by atoms with E-state index in [9.17, 15) is 0 Å². The van der Waals surface area contributed by atoms with Crippen LogP contribution < -0.4 is 10.6 Å². The lowest BCUT2D eigenvalue weighted by atomic mass is 10.4. The molecule has 0 amide bonds. The zero-order valence-corrected chi connectivity index (χ0v) is 12.2. The van der Waals surface area contributed by atoms with Gasteiger partial charge < -0.3 is 0 Å². The second kappa shape index (κ2) is 6.29. The first kappa shape index (κ1) is 12.7. The molecule has 0 aliphatic rings. The lowest BCUT2D eigenvalue weighted by Crippen LogP contribution is -2.13. The molecule has 0 saturated carbocycles. The van der Waals surface area contributed by atoms with Crippen molar-refractivity contribution >= 4 is 26.5 Å². The van der Waals surface area contributed by atoms with Gasteiger partial charge in [-0.1, -0.05) is 60.7 Å². The molecule has 0 aromatic heterocycles. The van der Waals surface area contributed by atoms with E-state index in [1.54, 1.807) is 0 Å². The molecule has 0 heterocycles. The molecule has 17 heavy (non-hydrogen) atoms. The smallest absolute Gasteiger partial charge is 0.00449 e. The second-order valence-electron chi connectivity index (χ2n) is 4.32. The van der Waals surface area contributed by atoms with Gasteiger partial charge in [-0.2, -0.15) is 0 Å². The average Bonchev–Trinajstić information content (AvgIpc) is 2.38. The van der Waals surface area contributed by atoms with E-state index >= 15 is 0 Å². The molecule has 2 aromatic rings. The maximum absolute atomic E-state index is 2.37. The normalized spacial score (nSPS) is 11.1. The Labute approximate surface area is 107 Å². The third-order valence-electron chi connectivity index (χ3n) is 2.56.